The van der Waals surface area contributed by atoms with Gasteiger partial charge in [0.2, 0.25) is 5.88 Å². The molecular formula is C27H29N5O2. The molecule has 1 aromatic heterocycles. The average Bonchev–Trinajstić information content (AvgIpc) is 2.85. The van der Waals surface area contributed by atoms with Gasteiger partial charge in [-0.2, -0.15) is 5.26 Å². The first-order valence-electron chi connectivity index (χ1n) is 11.4. The standard InChI is InChI=1S/C27H29N5O2/c1-19-13-24(9-7-23(19)18-32-12-11-29-20(2)17-32)31(3)27(33)22-8-10-26(30-16-22)34-25-6-4-5-21(14-25)15-28/h4-10,13-14,16,20,29H,11-12,17-18H2,1-3H3/t20-/m0/s1. The lowest BCUT2D eigenvalue weighted by Gasteiger charge is -2.32. The van der Waals surface area contributed by atoms with E-state index in [4.69, 9.17) is 10.00 Å². The number of pyridine rings is 1. The quantitative estimate of drug-likeness (QED) is 0.602. The number of nitrogens with one attached hydrogen (secondary N) is 1. The summed E-state index contributed by atoms with van der Waals surface area (Å²) in [7, 11) is 1.77. The van der Waals surface area contributed by atoms with Crippen LogP contribution in [-0.2, 0) is 6.54 Å². The molecule has 0 unspecified atom stereocenters. The molecule has 0 bridgehead atoms. The van der Waals surface area contributed by atoms with Gasteiger partial charge in [-0.25, -0.2) is 4.98 Å². The Morgan fingerprint density at radius 3 is 2.82 bits per heavy atom. The normalized spacial score (nSPS) is 16.0. The van der Waals surface area contributed by atoms with Crippen LogP contribution in [0, 0.1) is 18.3 Å². The highest BCUT2D eigenvalue weighted by Crippen LogP contribution is 2.23. The van der Waals surface area contributed by atoms with Gasteiger partial charge < -0.3 is 15.0 Å². The number of hydrogen-bond donors (Lipinski definition) is 1. The van der Waals surface area contributed by atoms with Gasteiger partial charge in [0.15, 0.2) is 0 Å². The molecule has 1 fully saturated rings. The predicted molar refractivity (Wildman–Crippen MR) is 132 cm³/mol. The molecule has 1 saturated heterocycles. The molecule has 0 radical (unpaired) electrons. The van der Waals surface area contributed by atoms with Crippen molar-refractivity contribution in [2.24, 2.45) is 0 Å². The Hall–Kier alpha value is -3.73. The summed E-state index contributed by atoms with van der Waals surface area (Å²) in [6, 6.07) is 19.0. The van der Waals surface area contributed by atoms with Crippen LogP contribution in [0.15, 0.2) is 60.8 Å². The van der Waals surface area contributed by atoms with Crippen molar-refractivity contribution in [3.05, 3.63) is 83.0 Å². The maximum Gasteiger partial charge on any atom is 0.259 e. The Balaban J connectivity index is 1.41. The van der Waals surface area contributed by atoms with Crippen LogP contribution >= 0.6 is 0 Å². The Labute approximate surface area is 200 Å². The van der Waals surface area contributed by atoms with E-state index in [-0.39, 0.29) is 5.91 Å². The zero-order valence-electron chi connectivity index (χ0n) is 19.8. The van der Waals surface area contributed by atoms with Crippen molar-refractivity contribution < 1.29 is 9.53 Å². The molecule has 2 aromatic carbocycles. The Kier molecular flexibility index (Phi) is 7.21. The Bertz CT molecular complexity index is 1200. The minimum atomic E-state index is -0.145. The zero-order chi connectivity index (χ0) is 24.1. The van der Waals surface area contributed by atoms with Gasteiger partial charge in [-0.15, -0.1) is 0 Å². The van der Waals surface area contributed by atoms with Crippen LogP contribution in [0.1, 0.15) is 34.0 Å². The molecule has 3 aromatic rings. The molecule has 7 heteroatoms. The molecule has 2 heterocycles. The Morgan fingerprint density at radius 1 is 1.26 bits per heavy atom. The number of rotatable bonds is 6. The van der Waals surface area contributed by atoms with E-state index in [9.17, 15) is 4.79 Å². The molecule has 1 aliphatic rings. The number of ether oxygens (including phenoxy) is 1. The van der Waals surface area contributed by atoms with Crippen molar-refractivity contribution in [1.29, 1.82) is 5.26 Å². The van der Waals surface area contributed by atoms with Crippen LogP contribution in [0.5, 0.6) is 11.6 Å². The van der Waals surface area contributed by atoms with Crippen molar-refractivity contribution in [1.82, 2.24) is 15.2 Å². The second-order valence-corrected chi connectivity index (χ2v) is 8.69. The molecule has 0 aliphatic carbocycles. The molecule has 1 atom stereocenters. The summed E-state index contributed by atoms with van der Waals surface area (Å²) in [5.41, 5.74) is 4.27. The summed E-state index contributed by atoms with van der Waals surface area (Å²) in [5.74, 6) is 0.735. The molecule has 0 spiro atoms. The number of aromatic nitrogens is 1. The van der Waals surface area contributed by atoms with E-state index in [1.807, 2.05) is 6.07 Å². The largest absolute Gasteiger partial charge is 0.439 e. The van der Waals surface area contributed by atoms with Gasteiger partial charge in [-0.1, -0.05) is 12.1 Å². The summed E-state index contributed by atoms with van der Waals surface area (Å²) in [5, 5.41) is 12.5. The van der Waals surface area contributed by atoms with E-state index in [0.29, 0.717) is 28.8 Å². The van der Waals surface area contributed by atoms with E-state index < -0.39 is 0 Å². The number of benzene rings is 2. The molecule has 1 N–H and O–H groups in total. The fourth-order valence-electron chi connectivity index (χ4n) is 4.09. The van der Waals surface area contributed by atoms with Crippen molar-refractivity contribution in [2.75, 3.05) is 31.6 Å². The first-order valence-corrected chi connectivity index (χ1v) is 11.4. The average molecular weight is 456 g/mol. The summed E-state index contributed by atoms with van der Waals surface area (Å²) in [6.07, 6.45) is 1.51. The van der Waals surface area contributed by atoms with Crippen molar-refractivity contribution in [3.63, 3.8) is 0 Å². The molecule has 1 amide bonds. The predicted octanol–water partition coefficient (Wildman–Crippen LogP) is 4.12. The van der Waals surface area contributed by atoms with Gasteiger partial charge in [0, 0.05) is 57.2 Å². The van der Waals surface area contributed by atoms with E-state index in [1.54, 1.807) is 48.3 Å². The second kappa shape index (κ2) is 10.5. The minimum absolute atomic E-state index is 0.145. The molecule has 174 valence electrons. The van der Waals surface area contributed by atoms with Crippen molar-refractivity contribution >= 4 is 11.6 Å². The highest BCUT2D eigenvalue weighted by molar-refractivity contribution is 6.05. The topological polar surface area (TPSA) is 81.5 Å². The van der Waals surface area contributed by atoms with Gasteiger partial charge in [-0.3, -0.25) is 9.69 Å². The maximum atomic E-state index is 13.0. The maximum absolute atomic E-state index is 13.0. The molecular weight excluding hydrogens is 426 g/mol. The SMILES string of the molecule is Cc1cc(N(C)C(=O)c2ccc(Oc3cccc(C#N)c3)nc2)ccc1CN1CCN[C@@H](C)C1. The third-order valence-corrected chi connectivity index (χ3v) is 6.03. The van der Waals surface area contributed by atoms with E-state index >= 15 is 0 Å². The number of nitriles is 1. The number of hydrogen-bond acceptors (Lipinski definition) is 6. The summed E-state index contributed by atoms with van der Waals surface area (Å²) in [4.78, 5) is 21.4. The number of anilines is 1. The van der Waals surface area contributed by atoms with Crippen molar-refractivity contribution in [2.45, 2.75) is 26.4 Å². The van der Waals surface area contributed by atoms with Crippen molar-refractivity contribution in [3.8, 4) is 17.7 Å². The fraction of sp³-hybridized carbons (Fsp3) is 0.296. The lowest BCUT2D eigenvalue weighted by Crippen LogP contribution is -2.48. The number of carbonyl (C=O) groups is 1. The number of carbonyl (C=O) groups excluding carboxylic acids is 1. The lowest BCUT2D eigenvalue weighted by atomic mass is 10.1. The second-order valence-electron chi connectivity index (χ2n) is 8.69. The highest BCUT2D eigenvalue weighted by atomic mass is 16.5. The van der Waals surface area contributed by atoms with Crippen LogP contribution in [0.2, 0.25) is 0 Å². The minimum Gasteiger partial charge on any atom is -0.439 e. The number of piperazine rings is 1. The Morgan fingerprint density at radius 2 is 2.12 bits per heavy atom. The van der Waals surface area contributed by atoms with Crippen LogP contribution in [0.25, 0.3) is 0 Å². The van der Waals surface area contributed by atoms with Gasteiger partial charge in [0.05, 0.1) is 17.2 Å². The monoisotopic (exact) mass is 455 g/mol. The first kappa shape index (κ1) is 23.4. The third-order valence-electron chi connectivity index (χ3n) is 6.03. The zero-order valence-corrected chi connectivity index (χ0v) is 19.8. The van der Waals surface area contributed by atoms with Gasteiger partial charge in [-0.05, 0) is 61.4 Å². The van der Waals surface area contributed by atoms with Crippen LogP contribution in [-0.4, -0.2) is 48.5 Å². The van der Waals surface area contributed by atoms with E-state index in [0.717, 1.165) is 31.9 Å². The highest BCUT2D eigenvalue weighted by Gasteiger charge is 2.18. The molecule has 4 rings (SSSR count). The molecule has 7 nitrogen and oxygen atoms in total. The summed E-state index contributed by atoms with van der Waals surface area (Å²) < 4.78 is 5.70. The number of aryl methyl sites for hydroxylation is 1. The van der Waals surface area contributed by atoms with Crippen LogP contribution in [0.4, 0.5) is 5.69 Å². The molecule has 1 aliphatic heterocycles. The van der Waals surface area contributed by atoms with Gasteiger partial charge >= 0.3 is 0 Å². The fourth-order valence-corrected chi connectivity index (χ4v) is 4.09. The summed E-state index contributed by atoms with van der Waals surface area (Å²) >= 11 is 0. The van der Waals surface area contributed by atoms with E-state index in [1.165, 1.54) is 17.3 Å². The van der Waals surface area contributed by atoms with Gasteiger partial charge in [0.1, 0.15) is 5.75 Å². The number of amides is 1. The molecule has 34 heavy (non-hydrogen) atoms. The summed E-state index contributed by atoms with van der Waals surface area (Å²) in [6.45, 7) is 8.31. The van der Waals surface area contributed by atoms with Crippen LogP contribution in [0.3, 0.4) is 0 Å². The lowest BCUT2D eigenvalue weighted by molar-refractivity contribution is 0.0992. The third kappa shape index (κ3) is 5.60. The van der Waals surface area contributed by atoms with Crippen LogP contribution < -0.4 is 15.0 Å². The number of nitrogens with zero attached hydrogens (tertiary/aromatic N) is 4. The van der Waals surface area contributed by atoms with E-state index in [2.05, 4.69) is 47.3 Å². The first-order chi connectivity index (χ1) is 16.4. The van der Waals surface area contributed by atoms with Gasteiger partial charge in [0.25, 0.3) is 5.91 Å². The molecule has 0 saturated carbocycles. The smallest absolute Gasteiger partial charge is 0.259 e.